The Bertz CT molecular complexity index is 1110. The van der Waals surface area contributed by atoms with E-state index in [-0.39, 0.29) is 16.2 Å². The van der Waals surface area contributed by atoms with Crippen LogP contribution in [0, 0.1) is 0 Å². The molecule has 1 saturated heterocycles. The lowest BCUT2D eigenvalue weighted by Gasteiger charge is -2.28. The van der Waals surface area contributed by atoms with Crippen LogP contribution in [0.2, 0.25) is 5.02 Å². The summed E-state index contributed by atoms with van der Waals surface area (Å²) in [7, 11) is 8.51. The standard InChI is InChI=1S/C25H29ClN2O6/c1-27(2)11-6-12-28-22(15-7-10-19(33-4)20(14-15)34-5)21(24(30)25(28)31)23(29)16-8-9-18(32-3)17(26)13-16/h7-10,13-14,22,29H,6,11-12H2,1-5H3/b23-21+. The first-order chi connectivity index (χ1) is 16.2. The fourth-order valence-corrected chi connectivity index (χ4v) is 4.29. The molecular weight excluding hydrogens is 460 g/mol. The van der Waals surface area contributed by atoms with E-state index in [2.05, 4.69) is 0 Å². The van der Waals surface area contributed by atoms with Crippen molar-refractivity contribution in [1.29, 1.82) is 0 Å². The van der Waals surface area contributed by atoms with E-state index < -0.39 is 23.5 Å². The highest BCUT2D eigenvalue weighted by Crippen LogP contribution is 2.42. The van der Waals surface area contributed by atoms with E-state index in [1.54, 1.807) is 24.3 Å². The molecule has 182 valence electrons. The molecule has 0 radical (unpaired) electrons. The van der Waals surface area contributed by atoms with Crippen LogP contribution in [0.25, 0.3) is 5.76 Å². The maximum atomic E-state index is 13.5. The zero-order chi connectivity index (χ0) is 25.0. The lowest BCUT2D eigenvalue weighted by Crippen LogP contribution is -3.05. The minimum Gasteiger partial charge on any atom is -0.872 e. The lowest BCUT2D eigenvalue weighted by molar-refractivity contribution is -0.858. The van der Waals surface area contributed by atoms with Crippen molar-refractivity contribution in [3.63, 3.8) is 0 Å². The average Bonchev–Trinajstić information content (AvgIpc) is 3.07. The van der Waals surface area contributed by atoms with E-state index in [9.17, 15) is 14.7 Å². The summed E-state index contributed by atoms with van der Waals surface area (Å²) in [6, 6.07) is 8.78. The summed E-state index contributed by atoms with van der Waals surface area (Å²) in [5, 5.41) is 13.8. The SMILES string of the molecule is COc1ccc(/C([O-])=C2\C(=O)C(=O)N(CCC[NH+](C)C)C2c2ccc(OC)c(OC)c2)cc1Cl. The van der Waals surface area contributed by atoms with Gasteiger partial charge in [-0.25, -0.2) is 0 Å². The van der Waals surface area contributed by atoms with Crippen LogP contribution in [-0.4, -0.2) is 65.1 Å². The van der Waals surface area contributed by atoms with Gasteiger partial charge in [0.05, 0.1) is 53.0 Å². The molecule has 1 N–H and O–H groups in total. The number of benzene rings is 2. The zero-order valence-corrected chi connectivity index (χ0v) is 20.7. The number of hydrogen-bond donors (Lipinski definition) is 1. The molecule has 8 nitrogen and oxygen atoms in total. The Labute approximate surface area is 204 Å². The minimum absolute atomic E-state index is 0.115. The molecule has 0 saturated carbocycles. The van der Waals surface area contributed by atoms with Crippen LogP contribution in [0.4, 0.5) is 0 Å². The molecule has 1 amide bonds. The number of amides is 1. The summed E-state index contributed by atoms with van der Waals surface area (Å²) >= 11 is 6.22. The average molecular weight is 489 g/mol. The molecular formula is C25H29ClN2O6. The van der Waals surface area contributed by atoms with Gasteiger partial charge in [0.25, 0.3) is 5.91 Å². The number of quaternary nitrogens is 1. The molecule has 1 aliphatic rings. The van der Waals surface area contributed by atoms with Crippen LogP contribution in [0.15, 0.2) is 42.0 Å². The molecule has 1 heterocycles. The van der Waals surface area contributed by atoms with Crippen molar-refractivity contribution in [2.45, 2.75) is 12.5 Å². The number of methoxy groups -OCH3 is 3. The van der Waals surface area contributed by atoms with Gasteiger partial charge in [-0.15, -0.1) is 0 Å². The highest BCUT2D eigenvalue weighted by Gasteiger charge is 2.44. The third kappa shape index (κ3) is 4.98. The molecule has 1 fully saturated rings. The molecule has 34 heavy (non-hydrogen) atoms. The van der Waals surface area contributed by atoms with Gasteiger partial charge >= 0.3 is 0 Å². The first-order valence-electron chi connectivity index (χ1n) is 10.8. The largest absolute Gasteiger partial charge is 0.872 e. The molecule has 0 spiro atoms. The number of ether oxygens (including phenoxy) is 3. The number of hydrogen-bond acceptors (Lipinski definition) is 6. The first-order valence-corrected chi connectivity index (χ1v) is 11.2. The van der Waals surface area contributed by atoms with E-state index in [1.807, 2.05) is 14.1 Å². The second-order valence-corrected chi connectivity index (χ2v) is 8.65. The minimum atomic E-state index is -0.856. The molecule has 2 aromatic carbocycles. The number of nitrogens with one attached hydrogen (secondary N) is 1. The van der Waals surface area contributed by atoms with Gasteiger partial charge in [0, 0.05) is 18.5 Å². The number of carbonyl (C=O) groups excluding carboxylic acids is 2. The number of halogens is 1. The number of Topliss-reactive ketones (excluding diaryl/α,β-unsaturated/α-hetero) is 1. The van der Waals surface area contributed by atoms with Gasteiger partial charge in [0.15, 0.2) is 11.5 Å². The molecule has 1 unspecified atom stereocenters. The van der Waals surface area contributed by atoms with E-state index >= 15 is 0 Å². The fourth-order valence-electron chi connectivity index (χ4n) is 4.04. The second-order valence-electron chi connectivity index (χ2n) is 8.25. The van der Waals surface area contributed by atoms with Crippen molar-refractivity contribution in [3.05, 3.63) is 58.1 Å². The predicted molar refractivity (Wildman–Crippen MR) is 126 cm³/mol. The smallest absolute Gasteiger partial charge is 0.295 e. The van der Waals surface area contributed by atoms with Gasteiger partial charge in [0.2, 0.25) is 5.78 Å². The van der Waals surface area contributed by atoms with Crippen molar-refractivity contribution in [1.82, 2.24) is 4.90 Å². The van der Waals surface area contributed by atoms with E-state index in [1.165, 1.54) is 43.3 Å². The maximum absolute atomic E-state index is 13.5. The zero-order valence-electron chi connectivity index (χ0n) is 19.9. The van der Waals surface area contributed by atoms with Crippen molar-refractivity contribution in [2.24, 2.45) is 0 Å². The van der Waals surface area contributed by atoms with Crippen LogP contribution in [0.3, 0.4) is 0 Å². The van der Waals surface area contributed by atoms with Crippen molar-refractivity contribution in [2.75, 3.05) is 48.5 Å². The Morgan fingerprint density at radius 3 is 2.24 bits per heavy atom. The lowest BCUT2D eigenvalue weighted by atomic mass is 9.95. The van der Waals surface area contributed by atoms with Gasteiger partial charge in [-0.1, -0.05) is 29.5 Å². The Balaban J connectivity index is 2.16. The molecule has 0 bridgehead atoms. The summed E-state index contributed by atoms with van der Waals surface area (Å²) in [6.07, 6.45) is 0.668. The van der Waals surface area contributed by atoms with Crippen molar-refractivity contribution >= 4 is 29.1 Å². The second kappa shape index (κ2) is 10.8. The van der Waals surface area contributed by atoms with E-state index in [4.69, 9.17) is 25.8 Å². The third-order valence-corrected chi connectivity index (χ3v) is 6.04. The highest BCUT2D eigenvalue weighted by atomic mass is 35.5. The van der Waals surface area contributed by atoms with Crippen LogP contribution >= 0.6 is 11.6 Å². The number of ketones is 1. The van der Waals surface area contributed by atoms with Gasteiger partial charge in [-0.2, -0.15) is 0 Å². The maximum Gasteiger partial charge on any atom is 0.295 e. The number of nitrogens with zero attached hydrogens (tertiary/aromatic N) is 1. The molecule has 0 aromatic heterocycles. The van der Waals surface area contributed by atoms with Crippen molar-refractivity contribution in [3.8, 4) is 17.2 Å². The normalized spacial score (nSPS) is 17.4. The van der Waals surface area contributed by atoms with Crippen LogP contribution in [0.1, 0.15) is 23.6 Å². The monoisotopic (exact) mass is 488 g/mol. The van der Waals surface area contributed by atoms with Crippen molar-refractivity contribution < 1.29 is 33.8 Å². The Morgan fingerprint density at radius 1 is 1.00 bits per heavy atom. The number of likely N-dealkylation sites (tertiary alicyclic amines) is 1. The molecule has 3 rings (SSSR count). The quantitative estimate of drug-likeness (QED) is 0.323. The number of carbonyl (C=O) groups is 2. The molecule has 0 aliphatic carbocycles. The third-order valence-electron chi connectivity index (χ3n) is 5.74. The van der Waals surface area contributed by atoms with E-state index in [0.717, 1.165) is 6.54 Å². The molecule has 2 aromatic rings. The molecule has 9 heteroatoms. The Morgan fingerprint density at radius 2 is 1.65 bits per heavy atom. The van der Waals surface area contributed by atoms with Gasteiger partial charge in [-0.3, -0.25) is 9.59 Å². The summed E-state index contributed by atoms with van der Waals surface area (Å²) in [5.74, 6) is -0.724. The van der Waals surface area contributed by atoms with Crippen LogP contribution < -0.4 is 24.2 Å². The number of rotatable bonds is 9. The summed E-state index contributed by atoms with van der Waals surface area (Å²) in [5.41, 5.74) is 0.666. The van der Waals surface area contributed by atoms with E-state index in [0.29, 0.717) is 35.8 Å². The molecule has 1 aliphatic heterocycles. The fraction of sp³-hybridized carbons (Fsp3) is 0.360. The van der Waals surface area contributed by atoms with Crippen LogP contribution in [-0.2, 0) is 9.59 Å². The predicted octanol–water partition coefficient (Wildman–Crippen LogP) is 1.12. The van der Waals surface area contributed by atoms with Gasteiger partial charge < -0.3 is 29.1 Å². The first kappa shape index (κ1) is 25.4. The van der Waals surface area contributed by atoms with Gasteiger partial charge in [-0.05, 0) is 35.4 Å². The van der Waals surface area contributed by atoms with Crippen LogP contribution in [0.5, 0.6) is 17.2 Å². The topological polar surface area (TPSA) is 92.6 Å². The molecule has 1 atom stereocenters. The summed E-state index contributed by atoms with van der Waals surface area (Å²) in [6.45, 7) is 1.13. The highest BCUT2D eigenvalue weighted by molar-refractivity contribution is 6.46. The Kier molecular flexibility index (Phi) is 8.06. The van der Waals surface area contributed by atoms with Gasteiger partial charge in [0.1, 0.15) is 5.75 Å². The Hall–Kier alpha value is -3.23. The summed E-state index contributed by atoms with van der Waals surface area (Å²) in [4.78, 5) is 28.9. The summed E-state index contributed by atoms with van der Waals surface area (Å²) < 4.78 is 15.9.